The van der Waals surface area contributed by atoms with Crippen LogP contribution in [-0.2, 0) is 9.53 Å². The Morgan fingerprint density at radius 2 is 2.12 bits per heavy atom. The summed E-state index contributed by atoms with van der Waals surface area (Å²) in [4.78, 5) is 24.4. The lowest BCUT2D eigenvalue weighted by molar-refractivity contribution is -0.125. The maximum atomic E-state index is 13.3. The number of rotatable bonds is 4. The zero-order valence-corrected chi connectivity index (χ0v) is 15.4. The standard InChI is InChI=1S/C18H19ClFNO3S/c1-10-4-2-3-5-13(10)21-15(22)9-24-18(23)17-16(19)12-7-6-11(20)8-14(12)25-17/h6-8,10,13H,2-5,9H2,1H3,(H,21,22)/t10-,13+/m1/s1. The first-order valence-electron chi connectivity index (χ1n) is 8.29. The molecular formula is C18H19ClFNO3S. The Bertz CT molecular complexity index is 807. The number of fused-ring (bicyclic) bond motifs is 1. The number of halogens is 2. The van der Waals surface area contributed by atoms with Gasteiger partial charge in [0.2, 0.25) is 0 Å². The van der Waals surface area contributed by atoms with Gasteiger partial charge in [-0.05, 0) is 37.0 Å². The molecule has 0 aliphatic heterocycles. The maximum absolute atomic E-state index is 13.3. The summed E-state index contributed by atoms with van der Waals surface area (Å²) in [6.07, 6.45) is 4.34. The highest BCUT2D eigenvalue weighted by Gasteiger charge is 2.24. The van der Waals surface area contributed by atoms with Crippen molar-refractivity contribution in [3.8, 4) is 0 Å². The number of carbonyl (C=O) groups is 2. The zero-order chi connectivity index (χ0) is 18.0. The third-order valence-electron chi connectivity index (χ3n) is 4.57. The Balaban J connectivity index is 1.60. The van der Waals surface area contributed by atoms with Crippen LogP contribution in [0.25, 0.3) is 10.1 Å². The quantitative estimate of drug-likeness (QED) is 0.788. The number of hydrogen-bond acceptors (Lipinski definition) is 4. The van der Waals surface area contributed by atoms with Gasteiger partial charge in [-0.15, -0.1) is 11.3 Å². The minimum Gasteiger partial charge on any atom is -0.451 e. The van der Waals surface area contributed by atoms with Gasteiger partial charge in [0.25, 0.3) is 5.91 Å². The molecule has 134 valence electrons. The van der Waals surface area contributed by atoms with Gasteiger partial charge in [0.1, 0.15) is 10.7 Å². The molecule has 0 unspecified atom stereocenters. The summed E-state index contributed by atoms with van der Waals surface area (Å²) < 4.78 is 18.9. The Kier molecular flexibility index (Phi) is 5.59. The van der Waals surface area contributed by atoms with E-state index in [-0.39, 0.29) is 28.5 Å². The SMILES string of the molecule is C[C@@H]1CCCC[C@@H]1NC(=O)COC(=O)c1sc2cc(F)ccc2c1Cl. The van der Waals surface area contributed by atoms with E-state index in [4.69, 9.17) is 16.3 Å². The highest BCUT2D eigenvalue weighted by atomic mass is 35.5. The molecule has 1 fully saturated rings. The minimum absolute atomic E-state index is 0.135. The molecule has 1 aromatic carbocycles. The van der Waals surface area contributed by atoms with Crippen LogP contribution in [0.5, 0.6) is 0 Å². The molecule has 1 amide bonds. The van der Waals surface area contributed by atoms with Crippen molar-refractivity contribution in [2.24, 2.45) is 5.92 Å². The molecule has 1 N–H and O–H groups in total. The average molecular weight is 384 g/mol. The van der Waals surface area contributed by atoms with E-state index in [9.17, 15) is 14.0 Å². The van der Waals surface area contributed by atoms with Crippen LogP contribution in [0, 0.1) is 11.7 Å². The van der Waals surface area contributed by atoms with Gasteiger partial charge in [-0.3, -0.25) is 4.79 Å². The van der Waals surface area contributed by atoms with E-state index >= 15 is 0 Å². The fraction of sp³-hybridized carbons (Fsp3) is 0.444. The fourth-order valence-corrected chi connectivity index (χ4v) is 4.57. The van der Waals surface area contributed by atoms with Crippen LogP contribution in [0.2, 0.25) is 5.02 Å². The normalized spacial score (nSPS) is 20.4. The van der Waals surface area contributed by atoms with Gasteiger partial charge >= 0.3 is 5.97 Å². The second kappa shape index (κ2) is 7.70. The molecule has 4 nitrogen and oxygen atoms in total. The molecule has 0 saturated heterocycles. The van der Waals surface area contributed by atoms with E-state index < -0.39 is 11.8 Å². The third kappa shape index (κ3) is 4.12. The van der Waals surface area contributed by atoms with E-state index in [2.05, 4.69) is 12.2 Å². The van der Waals surface area contributed by atoms with E-state index in [1.54, 1.807) is 0 Å². The van der Waals surface area contributed by atoms with Crippen molar-refractivity contribution in [2.75, 3.05) is 6.61 Å². The first-order chi connectivity index (χ1) is 12.0. The van der Waals surface area contributed by atoms with Gasteiger partial charge in [-0.25, -0.2) is 9.18 Å². The summed E-state index contributed by atoms with van der Waals surface area (Å²) in [6, 6.07) is 4.27. The largest absolute Gasteiger partial charge is 0.451 e. The predicted octanol–water partition coefficient (Wildman–Crippen LogP) is 4.55. The van der Waals surface area contributed by atoms with Gasteiger partial charge < -0.3 is 10.1 Å². The number of thiophene rings is 1. The summed E-state index contributed by atoms with van der Waals surface area (Å²) in [5.74, 6) is -0.944. The number of nitrogens with one attached hydrogen (secondary N) is 1. The van der Waals surface area contributed by atoms with Crippen molar-refractivity contribution in [3.63, 3.8) is 0 Å². The van der Waals surface area contributed by atoms with Crippen LogP contribution in [0.4, 0.5) is 4.39 Å². The summed E-state index contributed by atoms with van der Waals surface area (Å²) in [6.45, 7) is 1.77. The average Bonchev–Trinajstić information content (AvgIpc) is 2.91. The highest BCUT2D eigenvalue weighted by Crippen LogP contribution is 2.36. The molecular weight excluding hydrogens is 365 g/mol. The Morgan fingerprint density at radius 1 is 1.36 bits per heavy atom. The third-order valence-corrected chi connectivity index (χ3v) is 6.21. The molecule has 1 aliphatic carbocycles. The number of benzene rings is 1. The summed E-state index contributed by atoms with van der Waals surface area (Å²) in [7, 11) is 0. The zero-order valence-electron chi connectivity index (χ0n) is 13.8. The number of carbonyl (C=O) groups excluding carboxylic acids is 2. The lowest BCUT2D eigenvalue weighted by Crippen LogP contribution is -2.42. The van der Waals surface area contributed by atoms with Gasteiger partial charge in [-0.2, -0.15) is 0 Å². The first kappa shape index (κ1) is 18.1. The smallest absolute Gasteiger partial charge is 0.350 e. The lowest BCUT2D eigenvalue weighted by Gasteiger charge is -2.29. The van der Waals surface area contributed by atoms with Crippen LogP contribution >= 0.6 is 22.9 Å². The molecule has 0 radical (unpaired) electrons. The molecule has 3 rings (SSSR count). The highest BCUT2D eigenvalue weighted by molar-refractivity contribution is 7.21. The van der Waals surface area contributed by atoms with E-state index in [1.165, 1.54) is 24.6 Å². The second-order valence-corrected chi connectivity index (χ2v) is 7.83. The summed E-state index contributed by atoms with van der Waals surface area (Å²) >= 11 is 7.24. The Labute approximate surface area is 154 Å². The van der Waals surface area contributed by atoms with Crippen LogP contribution in [0.3, 0.4) is 0 Å². The lowest BCUT2D eigenvalue weighted by atomic mass is 9.86. The first-order valence-corrected chi connectivity index (χ1v) is 9.49. The van der Waals surface area contributed by atoms with Crippen LogP contribution in [0.15, 0.2) is 18.2 Å². The van der Waals surface area contributed by atoms with Crippen molar-refractivity contribution < 1.29 is 18.7 Å². The van der Waals surface area contributed by atoms with E-state index in [0.29, 0.717) is 16.0 Å². The molecule has 1 heterocycles. The van der Waals surface area contributed by atoms with Crippen molar-refractivity contribution in [2.45, 2.75) is 38.6 Å². The van der Waals surface area contributed by atoms with Crippen molar-refractivity contribution in [3.05, 3.63) is 33.9 Å². The molecule has 25 heavy (non-hydrogen) atoms. The van der Waals surface area contributed by atoms with Crippen molar-refractivity contribution in [1.82, 2.24) is 5.32 Å². The number of amides is 1. The van der Waals surface area contributed by atoms with Crippen molar-refractivity contribution in [1.29, 1.82) is 0 Å². The van der Waals surface area contributed by atoms with Crippen molar-refractivity contribution >= 4 is 44.9 Å². The molecule has 1 aliphatic rings. The number of esters is 1. The molecule has 2 atom stereocenters. The fourth-order valence-electron chi connectivity index (χ4n) is 3.15. The number of ether oxygens (including phenoxy) is 1. The van der Waals surface area contributed by atoms with Gasteiger partial charge in [0, 0.05) is 16.1 Å². The Morgan fingerprint density at radius 3 is 2.88 bits per heavy atom. The molecule has 0 spiro atoms. The molecule has 2 aromatic rings. The number of hydrogen-bond donors (Lipinski definition) is 1. The van der Waals surface area contributed by atoms with Crippen LogP contribution in [0.1, 0.15) is 42.3 Å². The monoisotopic (exact) mass is 383 g/mol. The molecule has 7 heteroatoms. The molecule has 1 aromatic heterocycles. The molecule has 0 bridgehead atoms. The van der Waals surface area contributed by atoms with Crippen LogP contribution in [-0.4, -0.2) is 24.5 Å². The van der Waals surface area contributed by atoms with Gasteiger partial charge in [0.05, 0.1) is 5.02 Å². The summed E-state index contributed by atoms with van der Waals surface area (Å²) in [5, 5.41) is 3.75. The van der Waals surface area contributed by atoms with Crippen LogP contribution < -0.4 is 5.32 Å². The van der Waals surface area contributed by atoms with E-state index in [0.717, 1.165) is 30.6 Å². The van der Waals surface area contributed by atoms with E-state index in [1.807, 2.05) is 0 Å². The Hall–Kier alpha value is -1.66. The second-order valence-electron chi connectivity index (χ2n) is 6.40. The summed E-state index contributed by atoms with van der Waals surface area (Å²) in [5.41, 5.74) is 0. The minimum atomic E-state index is -0.668. The van der Waals surface area contributed by atoms with Gasteiger partial charge in [0.15, 0.2) is 6.61 Å². The molecule has 1 saturated carbocycles. The maximum Gasteiger partial charge on any atom is 0.350 e. The predicted molar refractivity (Wildman–Crippen MR) is 96.6 cm³/mol. The topological polar surface area (TPSA) is 55.4 Å². The van der Waals surface area contributed by atoms with Gasteiger partial charge in [-0.1, -0.05) is 31.4 Å².